The molecule has 1 saturated carbocycles. The molecule has 2 rings (SSSR count). The molecule has 0 aromatic heterocycles. The molecule has 0 aromatic rings. The first-order valence-electron chi connectivity index (χ1n) is 5.27. The Balaban J connectivity index is 1.85. The number of hydrogen-bond acceptors (Lipinski definition) is 2. The number of nitrogens with zero attached hydrogens (tertiary/aromatic N) is 1. The quantitative estimate of drug-likeness (QED) is 0.678. The van der Waals surface area contributed by atoms with Crippen molar-refractivity contribution in [1.82, 2.24) is 10.2 Å². The van der Waals surface area contributed by atoms with E-state index in [1.54, 1.807) is 0 Å². The van der Waals surface area contributed by atoms with E-state index in [-0.39, 0.29) is 0 Å². The minimum Gasteiger partial charge on any atom is -0.337 e. The van der Waals surface area contributed by atoms with E-state index in [2.05, 4.69) is 12.2 Å². The summed E-state index contributed by atoms with van der Waals surface area (Å²) in [6.45, 7) is 4.93. The zero-order valence-electron chi connectivity index (χ0n) is 8.25. The van der Waals surface area contributed by atoms with E-state index in [1.165, 1.54) is 12.8 Å². The molecule has 0 radical (unpaired) electrons. The van der Waals surface area contributed by atoms with E-state index in [0.29, 0.717) is 11.9 Å². The van der Waals surface area contributed by atoms with Gasteiger partial charge in [-0.05, 0) is 25.7 Å². The predicted molar refractivity (Wildman–Crippen MR) is 51.4 cm³/mol. The van der Waals surface area contributed by atoms with Crippen molar-refractivity contribution in [2.75, 3.05) is 19.6 Å². The van der Waals surface area contributed by atoms with Gasteiger partial charge in [0.05, 0.1) is 0 Å². The standard InChI is InChI=1S/C10H18N2O/c1-8-7-11-4-5-12(8)10(13)6-9-2-3-9/h8-9,11H,2-7H2,1H3/t8-/m0/s1. The molecule has 1 amide bonds. The van der Waals surface area contributed by atoms with Gasteiger partial charge in [-0.1, -0.05) is 0 Å². The number of rotatable bonds is 2. The average Bonchev–Trinajstić information content (AvgIpc) is 2.89. The van der Waals surface area contributed by atoms with Gasteiger partial charge in [0.25, 0.3) is 0 Å². The van der Waals surface area contributed by atoms with Gasteiger partial charge < -0.3 is 10.2 Å². The minimum absolute atomic E-state index is 0.372. The smallest absolute Gasteiger partial charge is 0.223 e. The number of carbonyl (C=O) groups excluding carboxylic acids is 1. The zero-order valence-corrected chi connectivity index (χ0v) is 8.25. The van der Waals surface area contributed by atoms with Crippen molar-refractivity contribution < 1.29 is 4.79 Å². The van der Waals surface area contributed by atoms with Crippen LogP contribution in [-0.2, 0) is 4.79 Å². The lowest BCUT2D eigenvalue weighted by molar-refractivity contribution is -0.134. The Morgan fingerprint density at radius 3 is 2.92 bits per heavy atom. The normalized spacial score (nSPS) is 29.0. The molecule has 13 heavy (non-hydrogen) atoms. The number of carbonyl (C=O) groups is 1. The Kier molecular flexibility index (Phi) is 2.54. The summed E-state index contributed by atoms with van der Waals surface area (Å²) in [4.78, 5) is 13.8. The number of nitrogens with one attached hydrogen (secondary N) is 1. The van der Waals surface area contributed by atoms with E-state index in [0.717, 1.165) is 32.0 Å². The van der Waals surface area contributed by atoms with Crippen molar-refractivity contribution in [1.29, 1.82) is 0 Å². The molecule has 2 fully saturated rings. The summed E-state index contributed by atoms with van der Waals surface area (Å²) < 4.78 is 0. The van der Waals surface area contributed by atoms with Crippen LogP contribution in [-0.4, -0.2) is 36.5 Å². The SMILES string of the molecule is C[C@H]1CNCCN1C(=O)CC1CC1. The maximum Gasteiger partial charge on any atom is 0.223 e. The first-order chi connectivity index (χ1) is 6.27. The summed E-state index contributed by atoms with van der Waals surface area (Å²) in [5.74, 6) is 1.09. The number of hydrogen-bond donors (Lipinski definition) is 1. The summed E-state index contributed by atoms with van der Waals surface area (Å²) in [5, 5.41) is 3.29. The van der Waals surface area contributed by atoms with Crippen molar-refractivity contribution in [3.8, 4) is 0 Å². The van der Waals surface area contributed by atoms with Gasteiger partial charge >= 0.3 is 0 Å². The lowest BCUT2D eigenvalue weighted by atomic mass is 10.2. The zero-order chi connectivity index (χ0) is 9.26. The van der Waals surface area contributed by atoms with E-state index in [4.69, 9.17) is 0 Å². The van der Waals surface area contributed by atoms with Crippen LogP contribution in [0.5, 0.6) is 0 Å². The average molecular weight is 182 g/mol. The highest BCUT2D eigenvalue weighted by Crippen LogP contribution is 2.33. The van der Waals surface area contributed by atoms with Crippen LogP contribution < -0.4 is 5.32 Å². The highest BCUT2D eigenvalue weighted by atomic mass is 16.2. The Bertz CT molecular complexity index is 201. The van der Waals surface area contributed by atoms with Crippen molar-refractivity contribution in [2.24, 2.45) is 5.92 Å². The fourth-order valence-electron chi connectivity index (χ4n) is 1.90. The second-order valence-corrected chi connectivity index (χ2v) is 4.29. The molecule has 0 spiro atoms. The molecule has 74 valence electrons. The van der Waals surface area contributed by atoms with Crippen LogP contribution in [0, 0.1) is 5.92 Å². The third-order valence-corrected chi connectivity index (χ3v) is 2.98. The summed E-state index contributed by atoms with van der Waals surface area (Å²) in [6, 6.07) is 0.389. The van der Waals surface area contributed by atoms with Crippen LogP contribution in [0.25, 0.3) is 0 Å². The maximum atomic E-state index is 11.8. The van der Waals surface area contributed by atoms with E-state index in [9.17, 15) is 4.79 Å². The summed E-state index contributed by atoms with van der Waals surface area (Å²) >= 11 is 0. The van der Waals surface area contributed by atoms with Crippen LogP contribution in [0.15, 0.2) is 0 Å². The van der Waals surface area contributed by atoms with Gasteiger partial charge in [0.1, 0.15) is 0 Å². The van der Waals surface area contributed by atoms with Gasteiger partial charge in [-0.2, -0.15) is 0 Å². The topological polar surface area (TPSA) is 32.3 Å². The second-order valence-electron chi connectivity index (χ2n) is 4.29. The van der Waals surface area contributed by atoms with Crippen LogP contribution in [0.4, 0.5) is 0 Å². The molecule has 0 aromatic carbocycles. The largest absolute Gasteiger partial charge is 0.337 e. The predicted octanol–water partition coefficient (Wildman–Crippen LogP) is 0.607. The number of amides is 1. The Morgan fingerprint density at radius 2 is 2.31 bits per heavy atom. The molecule has 2 aliphatic rings. The van der Waals surface area contributed by atoms with Crippen LogP contribution in [0.2, 0.25) is 0 Å². The fraction of sp³-hybridized carbons (Fsp3) is 0.900. The Labute approximate surface area is 79.5 Å². The van der Waals surface area contributed by atoms with Gasteiger partial charge in [0.2, 0.25) is 5.91 Å². The molecular formula is C10H18N2O. The molecule has 1 heterocycles. The molecule has 1 atom stereocenters. The Morgan fingerprint density at radius 1 is 1.54 bits per heavy atom. The van der Waals surface area contributed by atoms with Gasteiger partial charge in [-0.15, -0.1) is 0 Å². The van der Waals surface area contributed by atoms with Gasteiger partial charge in [-0.25, -0.2) is 0 Å². The molecule has 3 nitrogen and oxygen atoms in total. The molecule has 0 bridgehead atoms. The summed E-state index contributed by atoms with van der Waals surface area (Å²) in [5.41, 5.74) is 0. The molecule has 1 saturated heterocycles. The maximum absolute atomic E-state index is 11.8. The summed E-state index contributed by atoms with van der Waals surface area (Å²) in [6.07, 6.45) is 3.34. The van der Waals surface area contributed by atoms with Gasteiger partial charge in [0, 0.05) is 32.1 Å². The first-order valence-corrected chi connectivity index (χ1v) is 5.27. The molecule has 0 unspecified atom stereocenters. The highest BCUT2D eigenvalue weighted by Gasteiger charge is 2.29. The van der Waals surface area contributed by atoms with Crippen LogP contribution >= 0.6 is 0 Å². The third kappa shape index (κ3) is 2.21. The first kappa shape index (κ1) is 9.00. The van der Waals surface area contributed by atoms with Crippen LogP contribution in [0.3, 0.4) is 0 Å². The molecular weight excluding hydrogens is 164 g/mol. The summed E-state index contributed by atoms with van der Waals surface area (Å²) in [7, 11) is 0. The van der Waals surface area contributed by atoms with E-state index in [1.807, 2.05) is 4.90 Å². The number of piperazine rings is 1. The van der Waals surface area contributed by atoms with E-state index < -0.39 is 0 Å². The van der Waals surface area contributed by atoms with Crippen LogP contribution in [0.1, 0.15) is 26.2 Å². The third-order valence-electron chi connectivity index (χ3n) is 2.98. The van der Waals surface area contributed by atoms with Crippen molar-refractivity contribution >= 4 is 5.91 Å². The Hall–Kier alpha value is -0.570. The minimum atomic E-state index is 0.372. The molecule has 3 heteroatoms. The fourth-order valence-corrected chi connectivity index (χ4v) is 1.90. The molecule has 1 N–H and O–H groups in total. The van der Waals surface area contributed by atoms with Gasteiger partial charge in [0.15, 0.2) is 0 Å². The lowest BCUT2D eigenvalue weighted by Crippen LogP contribution is -2.52. The highest BCUT2D eigenvalue weighted by molar-refractivity contribution is 5.77. The van der Waals surface area contributed by atoms with Crippen molar-refractivity contribution in [3.05, 3.63) is 0 Å². The molecule has 1 aliphatic carbocycles. The van der Waals surface area contributed by atoms with Gasteiger partial charge in [-0.3, -0.25) is 4.79 Å². The monoisotopic (exact) mass is 182 g/mol. The van der Waals surface area contributed by atoms with Crippen molar-refractivity contribution in [2.45, 2.75) is 32.2 Å². The van der Waals surface area contributed by atoms with Crippen molar-refractivity contribution in [3.63, 3.8) is 0 Å². The molecule has 1 aliphatic heterocycles. The second kappa shape index (κ2) is 3.66. The lowest BCUT2D eigenvalue weighted by Gasteiger charge is -2.34. The van der Waals surface area contributed by atoms with E-state index >= 15 is 0 Å².